The third-order valence-corrected chi connectivity index (χ3v) is 9.35. The molecule has 0 saturated carbocycles. The maximum atomic E-state index is 5.58. The van der Waals surface area contributed by atoms with Gasteiger partial charge in [0.1, 0.15) is 5.75 Å². The summed E-state index contributed by atoms with van der Waals surface area (Å²) in [4.78, 5) is 24.1. The molecule has 3 aromatic heterocycles. The first-order valence-electron chi connectivity index (χ1n) is 15.6. The van der Waals surface area contributed by atoms with E-state index in [0.29, 0.717) is 5.41 Å². The summed E-state index contributed by atoms with van der Waals surface area (Å²) in [6.07, 6.45) is 7.91. The molecule has 1 saturated heterocycles. The van der Waals surface area contributed by atoms with Crippen LogP contribution in [-0.2, 0) is 19.4 Å². The number of piperidine rings is 1. The molecule has 7 heteroatoms. The molecular weight excluding hydrogens is 532 g/mol. The van der Waals surface area contributed by atoms with Crippen LogP contribution in [0.1, 0.15) is 67.4 Å². The van der Waals surface area contributed by atoms with Gasteiger partial charge >= 0.3 is 0 Å². The average molecular weight is 577 g/mol. The van der Waals surface area contributed by atoms with Gasteiger partial charge in [0.15, 0.2) is 0 Å². The molecule has 0 amide bonds. The Labute approximate surface area is 256 Å². The minimum atomic E-state index is 0.406. The van der Waals surface area contributed by atoms with E-state index < -0.39 is 0 Å². The first kappa shape index (κ1) is 29.1. The van der Waals surface area contributed by atoms with Gasteiger partial charge in [-0.05, 0) is 86.3 Å². The fourth-order valence-electron chi connectivity index (χ4n) is 6.79. The zero-order chi connectivity index (χ0) is 30.3. The van der Waals surface area contributed by atoms with Crippen molar-refractivity contribution >= 4 is 11.6 Å². The highest BCUT2D eigenvalue weighted by Crippen LogP contribution is 2.42. The molecule has 7 nitrogen and oxygen atoms in total. The summed E-state index contributed by atoms with van der Waals surface area (Å²) in [6.45, 7) is 17.3. The number of anilines is 2. The highest BCUT2D eigenvalue weighted by molar-refractivity contribution is 5.84. The maximum absolute atomic E-state index is 5.58. The Morgan fingerprint density at radius 1 is 0.884 bits per heavy atom. The topological polar surface area (TPSA) is 67.3 Å². The van der Waals surface area contributed by atoms with Gasteiger partial charge in [0.05, 0.1) is 24.1 Å². The number of hydrogen-bond acceptors (Lipinski definition) is 7. The molecule has 1 aromatic carbocycles. The monoisotopic (exact) mass is 576 g/mol. The molecular formula is C36H44N6O. The van der Waals surface area contributed by atoms with Crippen molar-refractivity contribution in [3.05, 3.63) is 76.5 Å². The molecule has 1 fully saturated rings. The van der Waals surface area contributed by atoms with Crippen LogP contribution in [0.5, 0.6) is 5.75 Å². The van der Waals surface area contributed by atoms with Crippen molar-refractivity contribution < 1.29 is 4.74 Å². The third kappa shape index (κ3) is 5.69. The highest BCUT2D eigenvalue weighted by Gasteiger charge is 2.30. The Balaban J connectivity index is 1.33. The smallest absolute Gasteiger partial charge is 0.226 e. The van der Waals surface area contributed by atoms with E-state index in [1.54, 1.807) is 13.3 Å². The lowest BCUT2D eigenvalue weighted by Gasteiger charge is -2.40. The molecule has 0 spiro atoms. The summed E-state index contributed by atoms with van der Waals surface area (Å²) in [5.41, 5.74) is 13.4. The number of benzene rings is 1. The molecule has 0 N–H and O–H groups in total. The van der Waals surface area contributed by atoms with Crippen LogP contribution in [0.2, 0.25) is 0 Å². The van der Waals surface area contributed by atoms with Crippen molar-refractivity contribution in [3.63, 3.8) is 0 Å². The molecule has 4 aromatic rings. The van der Waals surface area contributed by atoms with Crippen molar-refractivity contribution in [2.75, 3.05) is 36.5 Å². The fraction of sp³-hybridized carbons (Fsp3) is 0.444. The van der Waals surface area contributed by atoms with Crippen LogP contribution < -0.4 is 14.5 Å². The van der Waals surface area contributed by atoms with Crippen LogP contribution in [0.3, 0.4) is 0 Å². The molecule has 5 heterocycles. The molecule has 2 aliphatic rings. The minimum Gasteiger partial charge on any atom is -0.496 e. The SMILES string of the molecule is CCc1c(C)nc(C)c(-c2ccc3c(c2)CCN(c2nc(C)cc(-c4cnccc4OC)n2)C3)c1N1CCC(C)(C)CC1. The van der Waals surface area contributed by atoms with Gasteiger partial charge < -0.3 is 14.5 Å². The van der Waals surface area contributed by atoms with E-state index in [4.69, 9.17) is 19.7 Å². The Morgan fingerprint density at radius 2 is 1.67 bits per heavy atom. The second-order valence-corrected chi connectivity index (χ2v) is 12.9. The zero-order valence-electron chi connectivity index (χ0n) is 26.8. The quantitative estimate of drug-likeness (QED) is 0.239. The number of nitrogens with zero attached hydrogens (tertiary/aromatic N) is 6. The molecule has 224 valence electrons. The average Bonchev–Trinajstić information content (AvgIpc) is 3.00. The summed E-state index contributed by atoms with van der Waals surface area (Å²) in [6, 6.07) is 10.9. The van der Waals surface area contributed by atoms with Gasteiger partial charge in [-0.3, -0.25) is 9.97 Å². The van der Waals surface area contributed by atoms with Gasteiger partial charge in [-0.25, -0.2) is 9.97 Å². The number of rotatable bonds is 6. The molecule has 2 aliphatic heterocycles. The number of methoxy groups -OCH3 is 1. The number of hydrogen-bond donors (Lipinski definition) is 0. The van der Waals surface area contributed by atoms with Crippen molar-refractivity contribution in [2.45, 2.75) is 73.8 Å². The lowest BCUT2D eigenvalue weighted by molar-refractivity contribution is 0.279. The predicted octanol–water partition coefficient (Wildman–Crippen LogP) is 7.29. The normalized spacial score (nSPS) is 16.3. The van der Waals surface area contributed by atoms with E-state index in [1.165, 1.54) is 52.0 Å². The molecule has 6 rings (SSSR count). The van der Waals surface area contributed by atoms with E-state index in [1.807, 2.05) is 25.3 Å². The first-order chi connectivity index (χ1) is 20.7. The number of ether oxygens (including phenoxy) is 1. The van der Waals surface area contributed by atoms with Gasteiger partial charge in [0, 0.05) is 61.2 Å². The van der Waals surface area contributed by atoms with Crippen molar-refractivity contribution in [3.8, 4) is 28.1 Å². The van der Waals surface area contributed by atoms with Crippen LogP contribution >= 0.6 is 0 Å². The van der Waals surface area contributed by atoms with Gasteiger partial charge in [-0.15, -0.1) is 0 Å². The number of pyridine rings is 2. The van der Waals surface area contributed by atoms with E-state index in [-0.39, 0.29) is 0 Å². The minimum absolute atomic E-state index is 0.406. The standard InChI is InChI=1S/C36H44N6O/c1-8-29-24(3)39-25(4)33(34(29)41-17-13-36(5,6)14-18-41)27-9-10-28-22-42(16-12-26(28)20-27)35-38-23(2)19-31(40-35)30-21-37-15-11-32(30)43-7/h9-11,15,19-21H,8,12-14,16-18,22H2,1-7H3. The lowest BCUT2D eigenvalue weighted by atomic mass is 9.82. The molecule has 0 radical (unpaired) electrons. The Bertz CT molecular complexity index is 1650. The Kier molecular flexibility index (Phi) is 7.84. The van der Waals surface area contributed by atoms with Crippen molar-refractivity contribution in [1.29, 1.82) is 0 Å². The maximum Gasteiger partial charge on any atom is 0.226 e. The first-order valence-corrected chi connectivity index (χ1v) is 15.6. The molecule has 0 unspecified atom stereocenters. The summed E-state index contributed by atoms with van der Waals surface area (Å²) >= 11 is 0. The van der Waals surface area contributed by atoms with E-state index >= 15 is 0 Å². The Morgan fingerprint density at radius 3 is 2.42 bits per heavy atom. The number of aromatic nitrogens is 4. The van der Waals surface area contributed by atoms with Crippen LogP contribution in [0.15, 0.2) is 42.7 Å². The molecule has 43 heavy (non-hydrogen) atoms. The summed E-state index contributed by atoms with van der Waals surface area (Å²) in [5.74, 6) is 1.51. The van der Waals surface area contributed by atoms with Crippen molar-refractivity contribution in [1.82, 2.24) is 19.9 Å². The van der Waals surface area contributed by atoms with Crippen LogP contribution in [0.4, 0.5) is 11.6 Å². The third-order valence-electron chi connectivity index (χ3n) is 9.35. The molecule has 0 atom stereocenters. The number of aryl methyl sites for hydroxylation is 3. The van der Waals surface area contributed by atoms with Gasteiger partial charge in [-0.2, -0.15) is 0 Å². The molecule has 0 bridgehead atoms. The largest absolute Gasteiger partial charge is 0.496 e. The second kappa shape index (κ2) is 11.6. The summed E-state index contributed by atoms with van der Waals surface area (Å²) in [7, 11) is 1.68. The van der Waals surface area contributed by atoms with Crippen LogP contribution in [-0.4, -0.2) is 46.7 Å². The Hall–Kier alpha value is -4.00. The van der Waals surface area contributed by atoms with E-state index in [9.17, 15) is 0 Å². The summed E-state index contributed by atoms with van der Waals surface area (Å²) in [5, 5.41) is 0. The fourth-order valence-corrected chi connectivity index (χ4v) is 6.79. The zero-order valence-corrected chi connectivity index (χ0v) is 26.8. The molecule has 0 aliphatic carbocycles. The number of fused-ring (bicyclic) bond motifs is 1. The lowest BCUT2D eigenvalue weighted by Crippen LogP contribution is -2.38. The van der Waals surface area contributed by atoms with Gasteiger partial charge in [-0.1, -0.05) is 39.0 Å². The van der Waals surface area contributed by atoms with Gasteiger partial charge in [0.2, 0.25) is 5.95 Å². The predicted molar refractivity (Wildman–Crippen MR) is 175 cm³/mol. The van der Waals surface area contributed by atoms with Crippen molar-refractivity contribution in [2.24, 2.45) is 5.41 Å². The van der Waals surface area contributed by atoms with Crippen LogP contribution in [0.25, 0.3) is 22.4 Å². The summed E-state index contributed by atoms with van der Waals surface area (Å²) < 4.78 is 5.58. The van der Waals surface area contributed by atoms with E-state index in [2.05, 4.69) is 67.6 Å². The van der Waals surface area contributed by atoms with E-state index in [0.717, 1.165) is 73.4 Å². The second-order valence-electron chi connectivity index (χ2n) is 12.9. The highest BCUT2D eigenvalue weighted by atomic mass is 16.5. The van der Waals surface area contributed by atoms with Crippen LogP contribution in [0, 0.1) is 26.2 Å². The van der Waals surface area contributed by atoms with Gasteiger partial charge in [0.25, 0.3) is 0 Å².